The molecule has 4 nitrogen and oxygen atoms in total. The molecule has 4 heteroatoms. The van der Waals surface area contributed by atoms with Crippen molar-refractivity contribution in [2.75, 3.05) is 25.1 Å². The molecule has 0 radical (unpaired) electrons. The molecule has 0 aromatic heterocycles. The lowest BCUT2D eigenvalue weighted by molar-refractivity contribution is -0.116. The van der Waals surface area contributed by atoms with Crippen LogP contribution in [-0.4, -0.2) is 25.7 Å². The maximum absolute atomic E-state index is 11.8. The van der Waals surface area contributed by atoms with Gasteiger partial charge in [-0.05, 0) is 43.9 Å². The molecule has 0 saturated carbocycles. The van der Waals surface area contributed by atoms with Crippen molar-refractivity contribution < 1.29 is 14.3 Å². The first-order valence-electron chi connectivity index (χ1n) is 7.91. The Bertz CT molecular complexity index is 446. The average molecular weight is 305 g/mol. The maximum Gasteiger partial charge on any atom is 0.224 e. The normalized spacial score (nSPS) is 10.4. The van der Waals surface area contributed by atoms with Crippen molar-refractivity contribution in [1.82, 2.24) is 0 Å². The van der Waals surface area contributed by atoms with Crippen LogP contribution in [0.25, 0.3) is 0 Å². The standard InChI is InChI=1S/C18H27NO3/c1-3-5-6-7-11-18(20)19-17-10-8-9-16(14-17)15-22-13-12-21-4-2/h3,8-10,14H,1,4-7,11-13,15H2,2H3,(H,19,20). The Kier molecular flexibility index (Phi) is 9.99. The van der Waals surface area contributed by atoms with Crippen molar-refractivity contribution in [3.8, 4) is 0 Å². The molecule has 0 aliphatic carbocycles. The predicted octanol–water partition coefficient (Wildman–Crippen LogP) is 3.92. The number of carbonyl (C=O) groups is 1. The zero-order valence-corrected chi connectivity index (χ0v) is 13.5. The molecule has 0 atom stereocenters. The largest absolute Gasteiger partial charge is 0.379 e. The number of benzene rings is 1. The van der Waals surface area contributed by atoms with E-state index < -0.39 is 0 Å². The summed E-state index contributed by atoms with van der Waals surface area (Å²) in [6.45, 7) is 8.05. The van der Waals surface area contributed by atoms with Gasteiger partial charge in [-0.1, -0.05) is 18.2 Å². The number of anilines is 1. The van der Waals surface area contributed by atoms with Gasteiger partial charge >= 0.3 is 0 Å². The Morgan fingerprint density at radius 3 is 2.86 bits per heavy atom. The smallest absolute Gasteiger partial charge is 0.224 e. The Hall–Kier alpha value is -1.65. The summed E-state index contributed by atoms with van der Waals surface area (Å²) >= 11 is 0. The molecule has 1 N–H and O–H groups in total. The number of nitrogens with one attached hydrogen (secondary N) is 1. The van der Waals surface area contributed by atoms with E-state index in [0.29, 0.717) is 32.8 Å². The van der Waals surface area contributed by atoms with E-state index in [4.69, 9.17) is 9.47 Å². The first-order chi connectivity index (χ1) is 10.8. The topological polar surface area (TPSA) is 47.6 Å². The van der Waals surface area contributed by atoms with Crippen molar-refractivity contribution in [3.05, 3.63) is 42.5 Å². The Morgan fingerprint density at radius 1 is 1.27 bits per heavy atom. The predicted molar refractivity (Wildman–Crippen MR) is 89.9 cm³/mol. The lowest BCUT2D eigenvalue weighted by atomic mass is 10.1. The number of ether oxygens (including phenoxy) is 2. The van der Waals surface area contributed by atoms with Gasteiger partial charge in [-0.2, -0.15) is 0 Å². The highest BCUT2D eigenvalue weighted by molar-refractivity contribution is 5.90. The second-order valence-electron chi connectivity index (χ2n) is 5.03. The molecule has 0 bridgehead atoms. The molecule has 0 fully saturated rings. The van der Waals surface area contributed by atoms with Gasteiger partial charge in [0.05, 0.1) is 19.8 Å². The van der Waals surface area contributed by atoms with Crippen molar-refractivity contribution in [1.29, 1.82) is 0 Å². The number of rotatable bonds is 12. The molecule has 1 rings (SSSR count). The van der Waals surface area contributed by atoms with Crippen LogP contribution in [0.15, 0.2) is 36.9 Å². The fourth-order valence-electron chi connectivity index (χ4n) is 1.99. The third-order valence-electron chi connectivity index (χ3n) is 3.12. The molecule has 0 heterocycles. The van der Waals surface area contributed by atoms with E-state index in [1.165, 1.54) is 0 Å². The van der Waals surface area contributed by atoms with E-state index in [1.807, 2.05) is 37.3 Å². The SMILES string of the molecule is C=CCCCCC(=O)Nc1cccc(COCCOCC)c1. The van der Waals surface area contributed by atoms with Crippen LogP contribution in [-0.2, 0) is 20.9 Å². The lowest BCUT2D eigenvalue weighted by Gasteiger charge is -2.08. The minimum absolute atomic E-state index is 0.0541. The van der Waals surface area contributed by atoms with Crippen LogP contribution < -0.4 is 5.32 Å². The van der Waals surface area contributed by atoms with E-state index in [-0.39, 0.29) is 5.91 Å². The summed E-state index contributed by atoms with van der Waals surface area (Å²) in [4.78, 5) is 11.8. The molecule has 0 aliphatic heterocycles. The van der Waals surface area contributed by atoms with Crippen LogP contribution in [0.5, 0.6) is 0 Å². The van der Waals surface area contributed by atoms with E-state index >= 15 is 0 Å². The highest BCUT2D eigenvalue weighted by Crippen LogP contribution is 2.12. The zero-order valence-electron chi connectivity index (χ0n) is 13.5. The highest BCUT2D eigenvalue weighted by Gasteiger charge is 2.03. The Labute approximate surface area is 133 Å². The van der Waals surface area contributed by atoms with E-state index in [1.54, 1.807) is 0 Å². The summed E-state index contributed by atoms with van der Waals surface area (Å²) in [7, 11) is 0. The number of allylic oxidation sites excluding steroid dienone is 1. The van der Waals surface area contributed by atoms with Gasteiger partial charge < -0.3 is 14.8 Å². The summed E-state index contributed by atoms with van der Waals surface area (Å²) in [6, 6.07) is 7.75. The molecule has 22 heavy (non-hydrogen) atoms. The third kappa shape index (κ3) is 8.60. The van der Waals surface area contributed by atoms with Crippen molar-refractivity contribution in [2.45, 2.75) is 39.2 Å². The van der Waals surface area contributed by atoms with Gasteiger partial charge in [0, 0.05) is 18.7 Å². The molecular weight excluding hydrogens is 278 g/mol. The van der Waals surface area contributed by atoms with Crippen molar-refractivity contribution in [2.24, 2.45) is 0 Å². The zero-order chi connectivity index (χ0) is 16.0. The van der Waals surface area contributed by atoms with Crippen LogP contribution in [0.4, 0.5) is 5.69 Å². The van der Waals surface area contributed by atoms with Crippen LogP contribution in [0.3, 0.4) is 0 Å². The Morgan fingerprint density at radius 2 is 2.09 bits per heavy atom. The monoisotopic (exact) mass is 305 g/mol. The van der Waals surface area contributed by atoms with Gasteiger partial charge in [0.2, 0.25) is 5.91 Å². The summed E-state index contributed by atoms with van der Waals surface area (Å²) in [5.41, 5.74) is 1.86. The van der Waals surface area contributed by atoms with E-state index in [2.05, 4.69) is 11.9 Å². The molecule has 0 saturated heterocycles. The second kappa shape index (κ2) is 12.0. The first-order valence-corrected chi connectivity index (χ1v) is 7.91. The molecule has 0 unspecified atom stereocenters. The van der Waals surface area contributed by atoms with Gasteiger partial charge in [0.1, 0.15) is 0 Å². The molecular formula is C18H27NO3. The molecule has 0 spiro atoms. The van der Waals surface area contributed by atoms with Crippen molar-refractivity contribution in [3.63, 3.8) is 0 Å². The second-order valence-corrected chi connectivity index (χ2v) is 5.03. The summed E-state index contributed by atoms with van der Waals surface area (Å²) in [6.07, 6.45) is 5.28. The van der Waals surface area contributed by atoms with Crippen LogP contribution in [0.2, 0.25) is 0 Å². The third-order valence-corrected chi connectivity index (χ3v) is 3.12. The number of amides is 1. The number of hydrogen-bond donors (Lipinski definition) is 1. The van der Waals surface area contributed by atoms with Crippen molar-refractivity contribution >= 4 is 11.6 Å². The van der Waals surface area contributed by atoms with Crippen LogP contribution in [0.1, 0.15) is 38.2 Å². The lowest BCUT2D eigenvalue weighted by Crippen LogP contribution is -2.11. The van der Waals surface area contributed by atoms with Crippen LogP contribution >= 0.6 is 0 Å². The van der Waals surface area contributed by atoms with E-state index in [0.717, 1.165) is 30.5 Å². The molecule has 1 aromatic carbocycles. The molecule has 1 amide bonds. The van der Waals surface area contributed by atoms with E-state index in [9.17, 15) is 4.79 Å². The minimum atomic E-state index is 0.0541. The fourth-order valence-corrected chi connectivity index (χ4v) is 1.99. The summed E-state index contributed by atoms with van der Waals surface area (Å²) in [5.74, 6) is 0.0541. The van der Waals surface area contributed by atoms with Gasteiger partial charge in [0.25, 0.3) is 0 Å². The summed E-state index contributed by atoms with van der Waals surface area (Å²) in [5, 5.41) is 2.92. The van der Waals surface area contributed by atoms with Gasteiger partial charge in [-0.3, -0.25) is 4.79 Å². The quantitative estimate of drug-likeness (QED) is 0.470. The first kappa shape index (κ1) is 18.4. The van der Waals surface area contributed by atoms with Crippen LogP contribution in [0, 0.1) is 0 Å². The van der Waals surface area contributed by atoms with Gasteiger partial charge in [0.15, 0.2) is 0 Å². The van der Waals surface area contributed by atoms with Gasteiger partial charge in [-0.15, -0.1) is 6.58 Å². The van der Waals surface area contributed by atoms with Gasteiger partial charge in [-0.25, -0.2) is 0 Å². The maximum atomic E-state index is 11.8. The number of unbranched alkanes of at least 4 members (excludes halogenated alkanes) is 2. The molecule has 0 aliphatic rings. The highest BCUT2D eigenvalue weighted by atomic mass is 16.5. The molecule has 1 aromatic rings. The number of hydrogen-bond acceptors (Lipinski definition) is 3. The summed E-state index contributed by atoms with van der Waals surface area (Å²) < 4.78 is 10.7. The Balaban J connectivity index is 2.30. The average Bonchev–Trinajstić information content (AvgIpc) is 2.52. The fraction of sp³-hybridized carbons (Fsp3) is 0.500. The minimum Gasteiger partial charge on any atom is -0.379 e. The molecule has 122 valence electrons. The number of carbonyl (C=O) groups excluding carboxylic acids is 1.